The van der Waals surface area contributed by atoms with Gasteiger partial charge in [0.2, 0.25) is 0 Å². The van der Waals surface area contributed by atoms with E-state index in [1.807, 2.05) is 12.1 Å². The Labute approximate surface area is 255 Å². The molecule has 1 heterocycles. The Morgan fingerprint density at radius 3 is 1.82 bits per heavy atom. The number of benzene rings is 8. The van der Waals surface area contributed by atoms with Crippen molar-refractivity contribution in [3.8, 4) is 11.1 Å². The van der Waals surface area contributed by atoms with E-state index in [9.17, 15) is 0 Å². The van der Waals surface area contributed by atoms with Crippen molar-refractivity contribution in [2.45, 2.75) is 0 Å². The van der Waals surface area contributed by atoms with Crippen LogP contribution in [0.4, 0.5) is 17.1 Å². The van der Waals surface area contributed by atoms with Gasteiger partial charge in [-0.3, -0.25) is 0 Å². The Bertz CT molecular complexity index is 2490. The van der Waals surface area contributed by atoms with Gasteiger partial charge in [-0.2, -0.15) is 0 Å². The lowest BCUT2D eigenvalue weighted by Crippen LogP contribution is -2.09. The Balaban J connectivity index is 1.19. The highest BCUT2D eigenvalue weighted by molar-refractivity contribution is 6.23. The molecule has 2 nitrogen and oxygen atoms in total. The zero-order valence-corrected chi connectivity index (χ0v) is 23.9. The second kappa shape index (κ2) is 9.86. The van der Waals surface area contributed by atoms with Gasteiger partial charge < -0.3 is 9.32 Å². The van der Waals surface area contributed by atoms with Gasteiger partial charge in [0, 0.05) is 33.9 Å². The second-order valence-electron chi connectivity index (χ2n) is 11.4. The van der Waals surface area contributed by atoms with E-state index in [0.717, 1.165) is 39.0 Å². The van der Waals surface area contributed by atoms with Gasteiger partial charge in [0.25, 0.3) is 0 Å². The summed E-state index contributed by atoms with van der Waals surface area (Å²) >= 11 is 0. The first kappa shape index (κ1) is 24.7. The molecule has 0 aliphatic rings. The summed E-state index contributed by atoms with van der Waals surface area (Å²) in [5, 5.41) is 9.95. The molecule has 44 heavy (non-hydrogen) atoms. The van der Waals surface area contributed by atoms with Crippen LogP contribution < -0.4 is 4.90 Å². The summed E-state index contributed by atoms with van der Waals surface area (Å²) in [7, 11) is 0. The molecule has 0 saturated heterocycles. The molecule has 0 radical (unpaired) electrons. The van der Waals surface area contributed by atoms with Crippen LogP contribution in [0.2, 0.25) is 0 Å². The highest BCUT2D eigenvalue weighted by atomic mass is 16.3. The minimum absolute atomic E-state index is 0.886. The average molecular weight is 562 g/mol. The molecule has 0 fully saturated rings. The van der Waals surface area contributed by atoms with Gasteiger partial charge in [-0.15, -0.1) is 0 Å². The lowest BCUT2D eigenvalue weighted by molar-refractivity contribution is 0.669. The van der Waals surface area contributed by atoms with Gasteiger partial charge in [0.15, 0.2) is 0 Å². The Hall–Kier alpha value is -5.86. The van der Waals surface area contributed by atoms with E-state index in [4.69, 9.17) is 4.42 Å². The van der Waals surface area contributed by atoms with E-state index < -0.39 is 0 Å². The van der Waals surface area contributed by atoms with E-state index >= 15 is 0 Å². The molecule has 206 valence electrons. The molecule has 0 bridgehead atoms. The molecule has 8 aromatic carbocycles. The third kappa shape index (κ3) is 3.89. The molecular weight excluding hydrogens is 534 g/mol. The fourth-order valence-electron chi connectivity index (χ4n) is 6.79. The van der Waals surface area contributed by atoms with Crippen molar-refractivity contribution < 1.29 is 4.42 Å². The Morgan fingerprint density at radius 1 is 0.364 bits per heavy atom. The quantitative estimate of drug-likeness (QED) is 0.199. The van der Waals surface area contributed by atoms with Crippen LogP contribution in [0.1, 0.15) is 0 Å². The van der Waals surface area contributed by atoms with Crippen molar-refractivity contribution in [3.63, 3.8) is 0 Å². The third-order valence-corrected chi connectivity index (χ3v) is 8.82. The zero-order chi connectivity index (χ0) is 29.0. The summed E-state index contributed by atoms with van der Waals surface area (Å²) in [6.07, 6.45) is 0. The van der Waals surface area contributed by atoms with Gasteiger partial charge in [0.1, 0.15) is 11.2 Å². The minimum Gasteiger partial charge on any atom is -0.456 e. The maximum Gasteiger partial charge on any atom is 0.137 e. The van der Waals surface area contributed by atoms with E-state index in [0.29, 0.717) is 0 Å². The van der Waals surface area contributed by atoms with Crippen molar-refractivity contribution in [1.29, 1.82) is 0 Å². The van der Waals surface area contributed by atoms with Crippen LogP contribution in [-0.4, -0.2) is 0 Å². The summed E-state index contributed by atoms with van der Waals surface area (Å²) in [6.45, 7) is 0. The standard InChI is InChI=1S/C42H27NO/c1-2-11-31(12-3-1)43(33-24-25-37-36-15-8-9-17-40(36)44-41(37)27-33)32-22-20-29(21-23-32)39-26-30-19-18-28-10-4-5-13-34(28)42(30)38-16-7-6-14-35(38)39/h1-27H. The van der Waals surface area contributed by atoms with E-state index in [1.54, 1.807) is 0 Å². The Kier molecular flexibility index (Phi) is 5.54. The molecule has 1 aromatic heterocycles. The van der Waals surface area contributed by atoms with Crippen LogP contribution in [0.3, 0.4) is 0 Å². The number of nitrogens with zero attached hydrogens (tertiary/aromatic N) is 1. The van der Waals surface area contributed by atoms with Crippen LogP contribution >= 0.6 is 0 Å². The number of rotatable bonds is 4. The van der Waals surface area contributed by atoms with Crippen molar-refractivity contribution in [2.24, 2.45) is 0 Å². The largest absolute Gasteiger partial charge is 0.456 e. The molecule has 0 atom stereocenters. The van der Waals surface area contributed by atoms with Gasteiger partial charge in [-0.1, -0.05) is 109 Å². The third-order valence-electron chi connectivity index (χ3n) is 8.82. The monoisotopic (exact) mass is 561 g/mol. The summed E-state index contributed by atoms with van der Waals surface area (Å²) < 4.78 is 6.27. The molecule has 0 saturated carbocycles. The van der Waals surface area contributed by atoms with Gasteiger partial charge in [0.05, 0.1) is 0 Å². The van der Waals surface area contributed by atoms with Crippen LogP contribution in [0.25, 0.3) is 65.4 Å². The number of hydrogen-bond acceptors (Lipinski definition) is 2. The second-order valence-corrected chi connectivity index (χ2v) is 11.4. The molecular formula is C42H27NO. The highest BCUT2D eigenvalue weighted by Crippen LogP contribution is 2.41. The maximum atomic E-state index is 6.27. The molecule has 0 aliphatic heterocycles. The van der Waals surface area contributed by atoms with Gasteiger partial charge in [-0.05, 0) is 92.0 Å². The van der Waals surface area contributed by atoms with E-state index in [-0.39, 0.29) is 0 Å². The van der Waals surface area contributed by atoms with Crippen LogP contribution in [0.15, 0.2) is 168 Å². The number of para-hydroxylation sites is 2. The maximum absolute atomic E-state index is 6.27. The van der Waals surface area contributed by atoms with Crippen molar-refractivity contribution in [1.82, 2.24) is 0 Å². The fraction of sp³-hybridized carbons (Fsp3) is 0. The smallest absolute Gasteiger partial charge is 0.137 e. The molecule has 0 N–H and O–H groups in total. The number of hydrogen-bond donors (Lipinski definition) is 0. The molecule has 0 aliphatic carbocycles. The van der Waals surface area contributed by atoms with Gasteiger partial charge >= 0.3 is 0 Å². The Morgan fingerprint density at radius 2 is 0.977 bits per heavy atom. The average Bonchev–Trinajstić information content (AvgIpc) is 3.47. The van der Waals surface area contributed by atoms with Crippen molar-refractivity contribution in [3.05, 3.63) is 164 Å². The zero-order valence-electron chi connectivity index (χ0n) is 23.9. The van der Waals surface area contributed by atoms with E-state index in [1.165, 1.54) is 43.4 Å². The summed E-state index contributed by atoms with van der Waals surface area (Å²) in [5.41, 5.74) is 7.47. The topological polar surface area (TPSA) is 16.4 Å². The first-order valence-corrected chi connectivity index (χ1v) is 15.0. The summed E-state index contributed by atoms with van der Waals surface area (Å²) in [5.74, 6) is 0. The van der Waals surface area contributed by atoms with Crippen LogP contribution in [-0.2, 0) is 0 Å². The van der Waals surface area contributed by atoms with Crippen molar-refractivity contribution >= 4 is 71.3 Å². The summed E-state index contributed by atoms with van der Waals surface area (Å²) in [6, 6.07) is 58.5. The number of anilines is 3. The molecule has 9 aromatic rings. The normalized spacial score (nSPS) is 11.6. The molecule has 0 amide bonds. The van der Waals surface area contributed by atoms with Crippen LogP contribution in [0, 0.1) is 0 Å². The molecule has 2 heteroatoms. The lowest BCUT2D eigenvalue weighted by atomic mass is 9.91. The number of fused-ring (bicyclic) bond motifs is 8. The van der Waals surface area contributed by atoms with Crippen molar-refractivity contribution in [2.75, 3.05) is 4.90 Å². The molecule has 0 spiro atoms. The first-order chi connectivity index (χ1) is 21.8. The fourth-order valence-corrected chi connectivity index (χ4v) is 6.79. The lowest BCUT2D eigenvalue weighted by Gasteiger charge is -2.25. The molecule has 0 unspecified atom stereocenters. The highest BCUT2D eigenvalue weighted by Gasteiger charge is 2.16. The predicted octanol–water partition coefficient (Wildman–Crippen LogP) is 12.2. The minimum atomic E-state index is 0.886. The van der Waals surface area contributed by atoms with E-state index in [2.05, 4.69) is 157 Å². The predicted molar refractivity (Wildman–Crippen MR) is 186 cm³/mol. The SMILES string of the molecule is c1ccc(N(c2ccc(-c3cc4ccc5ccccc5c4c4ccccc34)cc2)c2ccc3c(c2)oc2ccccc23)cc1. The number of furan rings is 1. The van der Waals surface area contributed by atoms with Gasteiger partial charge in [-0.25, -0.2) is 0 Å². The van der Waals surface area contributed by atoms with Crippen LogP contribution in [0.5, 0.6) is 0 Å². The summed E-state index contributed by atoms with van der Waals surface area (Å²) in [4.78, 5) is 2.29. The first-order valence-electron chi connectivity index (χ1n) is 15.0. The molecule has 9 rings (SSSR count).